The topological polar surface area (TPSA) is 32.7 Å². The van der Waals surface area contributed by atoms with Crippen LogP contribution < -0.4 is 4.74 Å². The van der Waals surface area contributed by atoms with E-state index in [4.69, 9.17) is 40.6 Å². The summed E-state index contributed by atoms with van der Waals surface area (Å²) in [5.74, 6) is 1.74. The second-order valence-corrected chi connectivity index (χ2v) is 18.6. The van der Waals surface area contributed by atoms with Crippen LogP contribution in [0.15, 0.2) is 152 Å². The lowest BCUT2D eigenvalue weighted by atomic mass is 9.82. The van der Waals surface area contributed by atoms with E-state index in [0.29, 0.717) is 22.6 Å². The molecule has 1 aliphatic rings. The fraction of sp³-hybridized carbons (Fsp3) is 0.125. The van der Waals surface area contributed by atoms with Crippen LogP contribution in [0.25, 0.3) is 25.7 Å². The highest BCUT2D eigenvalue weighted by molar-refractivity contribution is 8.36. The monoisotopic (exact) mass is 861 g/mol. The summed E-state index contributed by atoms with van der Waals surface area (Å²) in [5, 5.41) is 11.1. The van der Waals surface area contributed by atoms with Crippen LogP contribution in [0.4, 0.5) is 0 Å². The lowest BCUT2D eigenvalue weighted by Gasteiger charge is -2.22. The number of hydrogen-bond acceptors (Lipinski definition) is 7. The maximum Gasteiger partial charge on any atom is 0.119 e. The molecule has 1 unspecified atom stereocenters. The summed E-state index contributed by atoms with van der Waals surface area (Å²) in [5.41, 5.74) is 8.63. The minimum Gasteiger partial charge on any atom is -0.508 e. The molecule has 1 aliphatic heterocycles. The zero-order valence-corrected chi connectivity index (χ0v) is 36.3. The van der Waals surface area contributed by atoms with Crippen LogP contribution >= 0.6 is 71.7 Å². The Labute approximate surface area is 364 Å². The molecule has 288 valence electrons. The number of thiol groups is 1. The Bertz CT molecular complexity index is 2390. The number of rotatable bonds is 14. The van der Waals surface area contributed by atoms with Crippen LogP contribution in [0.1, 0.15) is 64.3 Å². The molecule has 9 heteroatoms. The lowest BCUT2D eigenvalue weighted by molar-refractivity contribution is 0.322. The Morgan fingerprint density at radius 2 is 1.39 bits per heavy atom. The van der Waals surface area contributed by atoms with Gasteiger partial charge in [-0.1, -0.05) is 159 Å². The van der Waals surface area contributed by atoms with Gasteiger partial charge in [-0.25, -0.2) is 0 Å². The molecule has 6 aromatic carbocycles. The van der Waals surface area contributed by atoms with E-state index in [0.717, 1.165) is 59.6 Å². The SMILES string of the molecule is C=Cc1ccc(C2=C(c3ccccc3Cl)SN(S/C(=C(\S)c3ccccc3Cl)c3ccc(CCOc4ccc(C(c5ccc(O)cc5)C(C)C)cc4)cc3)S2)cc1. The van der Waals surface area contributed by atoms with Crippen molar-refractivity contribution in [3.63, 3.8) is 0 Å². The molecule has 0 amide bonds. The Morgan fingerprint density at radius 1 is 0.772 bits per heavy atom. The van der Waals surface area contributed by atoms with Crippen molar-refractivity contribution in [3.05, 3.63) is 207 Å². The molecule has 1 atom stereocenters. The number of hydrogen-bond donors (Lipinski definition) is 2. The molecule has 1 N–H and O–H groups in total. The fourth-order valence-electron chi connectivity index (χ4n) is 6.67. The molecule has 0 aromatic heterocycles. The molecule has 0 spiro atoms. The highest BCUT2D eigenvalue weighted by atomic mass is 35.5. The summed E-state index contributed by atoms with van der Waals surface area (Å²) in [4.78, 5) is 3.98. The number of benzene rings is 6. The first-order valence-electron chi connectivity index (χ1n) is 18.5. The van der Waals surface area contributed by atoms with Gasteiger partial charge in [0.2, 0.25) is 0 Å². The van der Waals surface area contributed by atoms with E-state index in [9.17, 15) is 5.11 Å². The lowest BCUT2D eigenvalue weighted by Crippen LogP contribution is -2.08. The van der Waals surface area contributed by atoms with Crippen molar-refractivity contribution in [2.45, 2.75) is 26.2 Å². The average Bonchev–Trinajstić information content (AvgIpc) is 3.65. The molecule has 0 bridgehead atoms. The molecule has 3 nitrogen and oxygen atoms in total. The zero-order valence-electron chi connectivity index (χ0n) is 31.4. The molecule has 0 saturated carbocycles. The Hall–Kier alpha value is -3.92. The number of aromatic hydroxyl groups is 1. The maximum atomic E-state index is 9.78. The van der Waals surface area contributed by atoms with Crippen molar-refractivity contribution in [2.24, 2.45) is 5.92 Å². The molecule has 6 aromatic rings. The van der Waals surface area contributed by atoms with Crippen LogP contribution in [-0.2, 0) is 6.42 Å². The molecule has 1 heterocycles. The third-order valence-electron chi connectivity index (χ3n) is 9.61. The van der Waals surface area contributed by atoms with E-state index in [1.807, 2.05) is 72.8 Å². The summed E-state index contributed by atoms with van der Waals surface area (Å²) >= 11 is 23.6. The predicted octanol–water partition coefficient (Wildman–Crippen LogP) is 15.3. The van der Waals surface area contributed by atoms with E-state index >= 15 is 0 Å². The smallest absolute Gasteiger partial charge is 0.119 e. The van der Waals surface area contributed by atoms with Gasteiger partial charge in [0.05, 0.1) is 6.61 Å². The average molecular weight is 863 g/mol. The number of halogens is 2. The van der Waals surface area contributed by atoms with Gasteiger partial charge in [-0.3, -0.25) is 0 Å². The van der Waals surface area contributed by atoms with Gasteiger partial charge in [0.15, 0.2) is 0 Å². The molecule has 0 saturated heterocycles. The highest BCUT2D eigenvalue weighted by Crippen LogP contribution is 2.60. The first kappa shape index (κ1) is 41.2. The first-order chi connectivity index (χ1) is 27.7. The van der Waals surface area contributed by atoms with E-state index in [1.165, 1.54) is 16.7 Å². The van der Waals surface area contributed by atoms with Crippen molar-refractivity contribution in [3.8, 4) is 11.5 Å². The van der Waals surface area contributed by atoms with E-state index in [2.05, 4.69) is 90.3 Å². The van der Waals surface area contributed by atoms with E-state index in [-0.39, 0.29) is 11.7 Å². The van der Waals surface area contributed by atoms with Crippen LogP contribution in [0.2, 0.25) is 10.0 Å². The number of nitrogens with zero attached hydrogens (tertiary/aromatic N) is 1. The number of phenols is 1. The van der Waals surface area contributed by atoms with Gasteiger partial charge < -0.3 is 9.84 Å². The summed E-state index contributed by atoms with van der Waals surface area (Å²) in [6.45, 7) is 8.92. The summed E-state index contributed by atoms with van der Waals surface area (Å²) < 4.78 is 8.42. The molecule has 7 rings (SSSR count). The normalized spacial score (nSPS) is 14.1. The summed E-state index contributed by atoms with van der Waals surface area (Å²) in [7, 11) is 0. The van der Waals surface area contributed by atoms with Crippen molar-refractivity contribution in [2.75, 3.05) is 6.61 Å². The standard InChI is InChI=1S/C48H41Cl2NO2S4/c1-4-32-13-17-37(18-14-32)47-48(41-10-6-8-12-43(41)50)57-51(56-47)55-46(45(54)40-9-5-7-11-42(40)49)36-19-15-33(16-20-36)29-30-53-39-27-23-35(24-28-39)44(31(2)3)34-21-25-38(52)26-22-34/h4-28,31,44,52,54H,1,29-30H2,2-3H3/b46-45-. The third-order valence-corrected chi connectivity index (χ3v) is 14.7. The quantitative estimate of drug-likeness (QED) is 0.0645. The molecule has 0 fully saturated rings. The Kier molecular flexibility index (Phi) is 13.9. The molecular formula is C48H41Cl2NO2S4. The Balaban J connectivity index is 1.08. The second-order valence-electron chi connectivity index (χ2n) is 13.8. The van der Waals surface area contributed by atoms with Crippen molar-refractivity contribution >= 4 is 97.4 Å². The van der Waals surface area contributed by atoms with Crippen molar-refractivity contribution in [1.29, 1.82) is 0 Å². The second kappa shape index (κ2) is 19.2. The highest BCUT2D eigenvalue weighted by Gasteiger charge is 2.30. The van der Waals surface area contributed by atoms with Crippen LogP contribution in [0, 0.1) is 5.92 Å². The minimum absolute atomic E-state index is 0.228. The number of phenolic OH excluding ortho intramolecular Hbond substituents is 1. The zero-order chi connectivity index (χ0) is 39.9. The Morgan fingerprint density at radius 3 is 2.02 bits per heavy atom. The molecule has 0 radical (unpaired) electrons. The van der Waals surface area contributed by atoms with E-state index in [1.54, 1.807) is 48.0 Å². The van der Waals surface area contributed by atoms with Crippen molar-refractivity contribution < 1.29 is 9.84 Å². The third kappa shape index (κ3) is 10.0. The number of ether oxygens (including phenoxy) is 1. The van der Waals surface area contributed by atoms with Gasteiger partial charge in [-0.05, 0) is 112 Å². The van der Waals surface area contributed by atoms with Gasteiger partial charge in [0, 0.05) is 53.1 Å². The van der Waals surface area contributed by atoms with E-state index < -0.39 is 0 Å². The molecule has 57 heavy (non-hydrogen) atoms. The minimum atomic E-state index is 0.228. The van der Waals surface area contributed by atoms with Crippen LogP contribution in [0.5, 0.6) is 11.5 Å². The van der Waals surface area contributed by atoms with Gasteiger partial charge in [-0.15, -0.1) is 15.7 Å². The van der Waals surface area contributed by atoms with Crippen LogP contribution in [-0.4, -0.2) is 14.8 Å². The van der Waals surface area contributed by atoms with Gasteiger partial charge in [-0.2, -0.15) is 0 Å². The summed E-state index contributed by atoms with van der Waals surface area (Å²) in [6, 6.07) is 48.7. The maximum absolute atomic E-state index is 9.78. The molecule has 0 aliphatic carbocycles. The van der Waals surface area contributed by atoms with Gasteiger partial charge >= 0.3 is 0 Å². The largest absolute Gasteiger partial charge is 0.508 e. The van der Waals surface area contributed by atoms with Crippen molar-refractivity contribution in [1.82, 2.24) is 3.12 Å². The predicted molar refractivity (Wildman–Crippen MR) is 254 cm³/mol. The molecular weight excluding hydrogens is 822 g/mol. The fourth-order valence-corrected chi connectivity index (χ4v) is 11.5. The first-order valence-corrected chi connectivity index (χ1v) is 22.1. The van der Waals surface area contributed by atoms with Gasteiger partial charge in [0.25, 0.3) is 0 Å². The summed E-state index contributed by atoms with van der Waals surface area (Å²) in [6.07, 6.45) is 2.61. The van der Waals surface area contributed by atoms with Crippen LogP contribution in [0.3, 0.4) is 0 Å². The van der Waals surface area contributed by atoms with Gasteiger partial charge in [0.1, 0.15) is 11.5 Å².